The lowest BCUT2D eigenvalue weighted by Gasteiger charge is -2.08. The molecule has 0 radical (unpaired) electrons. The van der Waals surface area contributed by atoms with Gasteiger partial charge >= 0.3 is 16.4 Å². The van der Waals surface area contributed by atoms with Crippen LogP contribution in [0.3, 0.4) is 0 Å². The Labute approximate surface area is 82.3 Å². The fraction of sp³-hybridized carbons (Fsp3) is 0.500. The maximum atomic E-state index is 11.7. The molecule has 11 heteroatoms. The predicted molar refractivity (Wildman–Crippen MR) is 43.0 cm³/mol. The fourth-order valence-electron chi connectivity index (χ4n) is 0.595. The first-order chi connectivity index (χ1) is 6.79. The van der Waals surface area contributed by atoms with Crippen LogP contribution >= 0.6 is 0 Å². The lowest BCUT2D eigenvalue weighted by Crippen LogP contribution is -2.37. The molecule has 86 valence electrons. The van der Waals surface area contributed by atoms with Gasteiger partial charge in [0.05, 0.1) is 0 Å². The first-order valence-electron chi connectivity index (χ1n) is 3.48. The van der Waals surface area contributed by atoms with Crippen molar-refractivity contribution in [1.82, 2.24) is 19.9 Å². The molecular formula is C4H6F3N5O2S. The van der Waals surface area contributed by atoms with Gasteiger partial charge in [-0.05, 0) is 0 Å². The van der Waals surface area contributed by atoms with Crippen LogP contribution in [0.1, 0.15) is 0 Å². The van der Waals surface area contributed by atoms with Crippen LogP contribution in [-0.2, 0) is 10.2 Å². The summed E-state index contributed by atoms with van der Waals surface area (Å²) in [6.07, 6.45) is -3.61. The minimum atomic E-state index is -4.61. The van der Waals surface area contributed by atoms with Crippen molar-refractivity contribution < 1.29 is 21.6 Å². The zero-order valence-corrected chi connectivity index (χ0v) is 7.85. The Morgan fingerprint density at radius 2 is 2.13 bits per heavy atom. The van der Waals surface area contributed by atoms with E-state index in [4.69, 9.17) is 0 Å². The zero-order valence-electron chi connectivity index (χ0n) is 7.04. The molecule has 0 amide bonds. The highest BCUT2D eigenvalue weighted by atomic mass is 32.2. The summed E-state index contributed by atoms with van der Waals surface area (Å²) < 4.78 is 59.9. The SMILES string of the molecule is O=S(=O)(NCC(F)(F)F)Nc1ncn[nH]1. The maximum absolute atomic E-state index is 11.7. The van der Waals surface area contributed by atoms with Crippen molar-refractivity contribution in [3.8, 4) is 0 Å². The largest absolute Gasteiger partial charge is 0.402 e. The van der Waals surface area contributed by atoms with Crippen molar-refractivity contribution >= 4 is 16.2 Å². The number of rotatable bonds is 4. The van der Waals surface area contributed by atoms with Crippen LogP contribution < -0.4 is 9.44 Å². The fourth-order valence-corrected chi connectivity index (χ4v) is 1.37. The Morgan fingerprint density at radius 3 is 2.60 bits per heavy atom. The second-order valence-electron chi connectivity index (χ2n) is 2.38. The Morgan fingerprint density at radius 1 is 1.47 bits per heavy atom. The molecule has 0 aliphatic rings. The van der Waals surface area contributed by atoms with Crippen molar-refractivity contribution in [1.29, 1.82) is 0 Å². The van der Waals surface area contributed by atoms with Gasteiger partial charge in [-0.1, -0.05) is 0 Å². The number of hydrogen-bond donors (Lipinski definition) is 3. The van der Waals surface area contributed by atoms with Gasteiger partial charge in [0.25, 0.3) is 0 Å². The number of aromatic nitrogens is 3. The minimum absolute atomic E-state index is 0.273. The topological polar surface area (TPSA) is 99.8 Å². The standard InChI is InChI=1S/C4H6F3N5O2S/c5-4(6,7)1-10-15(13,14)12-3-8-2-9-11-3/h2,10H,1H2,(H2,8,9,11,12). The van der Waals surface area contributed by atoms with Gasteiger partial charge < -0.3 is 0 Å². The van der Waals surface area contributed by atoms with E-state index in [2.05, 4.69) is 15.2 Å². The van der Waals surface area contributed by atoms with Crippen molar-refractivity contribution in [2.45, 2.75) is 6.18 Å². The van der Waals surface area contributed by atoms with Gasteiger partial charge in [-0.15, -0.1) is 0 Å². The highest BCUT2D eigenvalue weighted by Gasteiger charge is 2.29. The van der Waals surface area contributed by atoms with E-state index in [1.165, 1.54) is 4.72 Å². The van der Waals surface area contributed by atoms with Crippen LogP contribution in [0.25, 0.3) is 0 Å². The molecule has 0 unspecified atom stereocenters. The van der Waals surface area contributed by atoms with E-state index in [0.29, 0.717) is 0 Å². The molecule has 1 rings (SSSR count). The first-order valence-corrected chi connectivity index (χ1v) is 4.96. The first kappa shape index (κ1) is 11.7. The molecule has 15 heavy (non-hydrogen) atoms. The smallest absolute Gasteiger partial charge is 0.245 e. The zero-order chi connectivity index (χ0) is 11.5. The molecule has 0 atom stereocenters. The Kier molecular flexibility index (Phi) is 3.14. The average Bonchev–Trinajstić information content (AvgIpc) is 2.52. The Bertz CT molecular complexity index is 398. The highest BCUT2D eigenvalue weighted by molar-refractivity contribution is 7.90. The molecule has 0 aliphatic heterocycles. The van der Waals surface area contributed by atoms with E-state index in [1.54, 1.807) is 4.72 Å². The number of anilines is 1. The number of alkyl halides is 3. The third-order valence-electron chi connectivity index (χ3n) is 1.11. The summed E-state index contributed by atoms with van der Waals surface area (Å²) in [4.78, 5) is 3.37. The number of H-pyrrole nitrogens is 1. The maximum Gasteiger partial charge on any atom is 0.402 e. The highest BCUT2D eigenvalue weighted by Crippen LogP contribution is 2.12. The van der Waals surface area contributed by atoms with Crippen LogP contribution in [0.2, 0.25) is 0 Å². The Balaban J connectivity index is 2.54. The summed E-state index contributed by atoms with van der Waals surface area (Å²) >= 11 is 0. The van der Waals surface area contributed by atoms with E-state index in [1.807, 2.05) is 0 Å². The Hall–Kier alpha value is -1.36. The van der Waals surface area contributed by atoms with Crippen LogP contribution in [0.15, 0.2) is 6.33 Å². The number of nitrogens with zero attached hydrogens (tertiary/aromatic N) is 2. The molecule has 0 saturated carbocycles. The molecule has 1 aromatic heterocycles. The molecule has 3 N–H and O–H groups in total. The average molecular weight is 245 g/mol. The molecule has 7 nitrogen and oxygen atoms in total. The van der Waals surface area contributed by atoms with Crippen molar-refractivity contribution in [3.63, 3.8) is 0 Å². The molecule has 1 heterocycles. The molecular weight excluding hydrogens is 239 g/mol. The lowest BCUT2D eigenvalue weighted by molar-refractivity contribution is -0.121. The molecule has 0 fully saturated rings. The van der Waals surface area contributed by atoms with Gasteiger partial charge in [0.15, 0.2) is 0 Å². The van der Waals surface area contributed by atoms with Crippen molar-refractivity contribution in [2.75, 3.05) is 11.3 Å². The van der Waals surface area contributed by atoms with E-state index in [9.17, 15) is 21.6 Å². The summed E-state index contributed by atoms with van der Waals surface area (Å²) in [7, 11) is -4.29. The summed E-state index contributed by atoms with van der Waals surface area (Å²) in [5, 5.41) is 5.42. The predicted octanol–water partition coefficient (Wildman–Crippen LogP) is -0.387. The van der Waals surface area contributed by atoms with E-state index < -0.39 is 22.9 Å². The minimum Gasteiger partial charge on any atom is -0.245 e. The monoisotopic (exact) mass is 245 g/mol. The van der Waals surface area contributed by atoms with Crippen LogP contribution in [0.5, 0.6) is 0 Å². The van der Waals surface area contributed by atoms with Gasteiger partial charge in [-0.3, -0.25) is 0 Å². The van der Waals surface area contributed by atoms with Crippen molar-refractivity contribution in [2.24, 2.45) is 0 Å². The van der Waals surface area contributed by atoms with E-state index in [-0.39, 0.29) is 5.95 Å². The second-order valence-corrected chi connectivity index (χ2v) is 3.88. The number of halogens is 3. The van der Waals surface area contributed by atoms with Crippen molar-refractivity contribution in [3.05, 3.63) is 6.33 Å². The van der Waals surface area contributed by atoms with Gasteiger partial charge in [0.1, 0.15) is 12.9 Å². The van der Waals surface area contributed by atoms with Gasteiger partial charge in [-0.25, -0.2) is 9.82 Å². The normalized spacial score (nSPS) is 12.7. The molecule has 0 saturated heterocycles. The van der Waals surface area contributed by atoms with Crippen LogP contribution in [0, 0.1) is 0 Å². The quantitative estimate of drug-likeness (QED) is 0.672. The van der Waals surface area contributed by atoms with Crippen LogP contribution in [0.4, 0.5) is 19.1 Å². The summed E-state index contributed by atoms with van der Waals surface area (Å²) in [5.41, 5.74) is 0. The second kappa shape index (κ2) is 4.02. The lowest BCUT2D eigenvalue weighted by atomic mass is 10.7. The van der Waals surface area contributed by atoms with Crippen LogP contribution in [-0.4, -0.2) is 36.3 Å². The summed E-state index contributed by atoms with van der Waals surface area (Å²) in [6, 6.07) is 0. The number of aromatic amines is 1. The summed E-state index contributed by atoms with van der Waals surface area (Å²) in [6.45, 7) is -1.66. The van der Waals surface area contributed by atoms with E-state index >= 15 is 0 Å². The van der Waals surface area contributed by atoms with Gasteiger partial charge in [-0.2, -0.15) is 36.4 Å². The number of nitrogens with one attached hydrogen (secondary N) is 3. The summed E-state index contributed by atoms with van der Waals surface area (Å²) in [5.74, 6) is -0.273. The van der Waals surface area contributed by atoms with Gasteiger partial charge in [0.2, 0.25) is 5.95 Å². The number of hydrogen-bond acceptors (Lipinski definition) is 4. The molecule has 0 aromatic carbocycles. The molecule has 0 aliphatic carbocycles. The molecule has 0 spiro atoms. The van der Waals surface area contributed by atoms with E-state index in [0.717, 1.165) is 6.33 Å². The third-order valence-corrected chi connectivity index (χ3v) is 2.10. The van der Waals surface area contributed by atoms with Gasteiger partial charge in [0, 0.05) is 0 Å². The molecule has 1 aromatic rings. The molecule has 0 bridgehead atoms. The third kappa shape index (κ3) is 4.60.